The van der Waals surface area contributed by atoms with E-state index in [2.05, 4.69) is 17.6 Å². The molecule has 1 aliphatic rings. The first-order chi connectivity index (χ1) is 10.0. The highest BCUT2D eigenvalue weighted by Crippen LogP contribution is 2.31. The number of hydrogen-bond donors (Lipinski definition) is 3. The molecule has 2 atom stereocenters. The molecule has 3 N–H and O–H groups in total. The van der Waals surface area contributed by atoms with Crippen LogP contribution < -0.4 is 10.6 Å². The summed E-state index contributed by atoms with van der Waals surface area (Å²) in [5, 5.41) is 16.4. The molecular formula is C16H23ClN2O2. The smallest absolute Gasteiger partial charge is 0.238 e. The lowest BCUT2D eigenvalue weighted by Crippen LogP contribution is -2.53. The highest BCUT2D eigenvalue weighted by atomic mass is 35.5. The minimum atomic E-state index is -0.311. The van der Waals surface area contributed by atoms with E-state index in [0.29, 0.717) is 10.9 Å². The number of anilines is 1. The molecule has 1 aromatic rings. The average molecular weight is 311 g/mol. The van der Waals surface area contributed by atoms with Gasteiger partial charge in [0.1, 0.15) is 0 Å². The second-order valence-corrected chi connectivity index (χ2v) is 6.49. The van der Waals surface area contributed by atoms with Crippen LogP contribution in [0, 0.1) is 5.92 Å². The van der Waals surface area contributed by atoms with Crippen LogP contribution in [0.25, 0.3) is 0 Å². The van der Waals surface area contributed by atoms with Crippen molar-refractivity contribution in [2.75, 3.05) is 18.5 Å². The summed E-state index contributed by atoms with van der Waals surface area (Å²) in [6.45, 7) is 2.47. The molecular weight excluding hydrogens is 288 g/mol. The summed E-state index contributed by atoms with van der Waals surface area (Å²) in [6, 6.07) is 7.01. The summed E-state index contributed by atoms with van der Waals surface area (Å²) in [6.07, 6.45) is 4.12. The molecule has 116 valence electrons. The van der Waals surface area contributed by atoms with E-state index in [-0.39, 0.29) is 24.6 Å². The standard InChI is InChI=1S/C16H23ClN2O2/c1-12-3-2-8-16(9-12,11-20)18-10-15(21)19-14-6-4-13(17)5-7-14/h4-7,12,18,20H,2-3,8-11H2,1H3,(H,19,21). The van der Waals surface area contributed by atoms with Gasteiger partial charge >= 0.3 is 0 Å². The van der Waals surface area contributed by atoms with E-state index in [0.717, 1.165) is 24.9 Å². The molecule has 0 radical (unpaired) electrons. The van der Waals surface area contributed by atoms with Gasteiger partial charge in [0.05, 0.1) is 13.2 Å². The number of benzene rings is 1. The molecule has 5 heteroatoms. The van der Waals surface area contributed by atoms with Crippen molar-refractivity contribution >= 4 is 23.2 Å². The Morgan fingerprint density at radius 3 is 2.76 bits per heavy atom. The molecule has 21 heavy (non-hydrogen) atoms. The Kier molecular flexibility index (Phi) is 5.62. The first-order valence-corrected chi connectivity index (χ1v) is 7.82. The van der Waals surface area contributed by atoms with Gasteiger partial charge in [-0.2, -0.15) is 0 Å². The Hall–Kier alpha value is -1.10. The summed E-state index contributed by atoms with van der Waals surface area (Å²) in [7, 11) is 0. The van der Waals surface area contributed by atoms with Crippen LogP contribution in [-0.4, -0.2) is 29.7 Å². The van der Waals surface area contributed by atoms with Crippen molar-refractivity contribution in [3.8, 4) is 0 Å². The summed E-state index contributed by atoms with van der Waals surface area (Å²) >= 11 is 5.81. The summed E-state index contributed by atoms with van der Waals surface area (Å²) in [5.41, 5.74) is 0.413. The average Bonchev–Trinajstić information content (AvgIpc) is 2.48. The van der Waals surface area contributed by atoms with Gasteiger partial charge in [-0.15, -0.1) is 0 Å². The number of rotatable bonds is 5. The van der Waals surface area contributed by atoms with Gasteiger partial charge in [-0.05, 0) is 43.0 Å². The molecule has 2 rings (SSSR count). The van der Waals surface area contributed by atoms with Crippen molar-refractivity contribution < 1.29 is 9.90 Å². The number of amides is 1. The Morgan fingerprint density at radius 1 is 1.43 bits per heavy atom. The predicted octanol–water partition coefficient (Wildman–Crippen LogP) is 2.81. The van der Waals surface area contributed by atoms with Crippen molar-refractivity contribution in [1.82, 2.24) is 5.32 Å². The van der Waals surface area contributed by atoms with Gasteiger partial charge < -0.3 is 15.7 Å². The fourth-order valence-corrected chi connectivity index (χ4v) is 3.15. The van der Waals surface area contributed by atoms with Crippen molar-refractivity contribution in [1.29, 1.82) is 0 Å². The third-order valence-electron chi connectivity index (χ3n) is 4.15. The zero-order chi connectivity index (χ0) is 15.3. The Balaban J connectivity index is 1.86. The first-order valence-electron chi connectivity index (χ1n) is 7.44. The minimum absolute atomic E-state index is 0.0750. The molecule has 0 saturated heterocycles. The van der Waals surface area contributed by atoms with Crippen LogP contribution in [0.15, 0.2) is 24.3 Å². The minimum Gasteiger partial charge on any atom is -0.394 e. The Bertz CT molecular complexity index is 478. The van der Waals surface area contributed by atoms with Gasteiger partial charge in [0.2, 0.25) is 5.91 Å². The lowest BCUT2D eigenvalue weighted by molar-refractivity contribution is -0.116. The first kappa shape index (κ1) is 16.3. The van der Waals surface area contributed by atoms with Gasteiger partial charge in [0, 0.05) is 16.2 Å². The molecule has 1 amide bonds. The van der Waals surface area contributed by atoms with E-state index < -0.39 is 0 Å². The molecule has 0 spiro atoms. The zero-order valence-corrected chi connectivity index (χ0v) is 13.1. The van der Waals surface area contributed by atoms with Gasteiger partial charge in [0.25, 0.3) is 0 Å². The highest BCUT2D eigenvalue weighted by molar-refractivity contribution is 6.30. The van der Waals surface area contributed by atoms with Crippen LogP contribution in [0.3, 0.4) is 0 Å². The van der Waals surface area contributed by atoms with Crippen LogP contribution >= 0.6 is 11.6 Å². The number of hydrogen-bond acceptors (Lipinski definition) is 3. The van der Waals surface area contributed by atoms with Crippen molar-refractivity contribution in [3.63, 3.8) is 0 Å². The van der Waals surface area contributed by atoms with E-state index in [1.807, 2.05) is 0 Å². The molecule has 0 aliphatic heterocycles. The third-order valence-corrected chi connectivity index (χ3v) is 4.40. The summed E-state index contributed by atoms with van der Waals surface area (Å²) in [4.78, 5) is 12.0. The molecule has 1 fully saturated rings. The van der Waals surface area contributed by atoms with Crippen molar-refractivity contribution in [2.24, 2.45) is 5.92 Å². The number of aliphatic hydroxyl groups is 1. The summed E-state index contributed by atoms with van der Waals surface area (Å²) in [5.74, 6) is 0.473. The van der Waals surface area contributed by atoms with Crippen molar-refractivity contribution in [3.05, 3.63) is 29.3 Å². The van der Waals surface area contributed by atoms with E-state index in [9.17, 15) is 9.90 Å². The maximum Gasteiger partial charge on any atom is 0.238 e. The maximum absolute atomic E-state index is 12.0. The van der Waals surface area contributed by atoms with Crippen LogP contribution in [0.2, 0.25) is 5.02 Å². The fourth-order valence-electron chi connectivity index (χ4n) is 3.03. The quantitative estimate of drug-likeness (QED) is 0.783. The van der Waals surface area contributed by atoms with E-state index >= 15 is 0 Å². The largest absolute Gasteiger partial charge is 0.394 e. The SMILES string of the molecule is CC1CCCC(CO)(NCC(=O)Nc2ccc(Cl)cc2)C1. The Morgan fingerprint density at radius 2 is 2.14 bits per heavy atom. The van der Waals surface area contributed by atoms with Crippen LogP contribution in [0.5, 0.6) is 0 Å². The van der Waals surface area contributed by atoms with Gasteiger partial charge in [-0.3, -0.25) is 4.79 Å². The Labute approximate surface area is 130 Å². The monoisotopic (exact) mass is 310 g/mol. The summed E-state index contributed by atoms with van der Waals surface area (Å²) < 4.78 is 0. The van der Waals surface area contributed by atoms with Gasteiger partial charge in [-0.1, -0.05) is 31.4 Å². The molecule has 4 nitrogen and oxygen atoms in total. The third kappa shape index (κ3) is 4.70. The number of aliphatic hydroxyl groups excluding tert-OH is 1. The molecule has 2 unspecified atom stereocenters. The van der Waals surface area contributed by atoms with Gasteiger partial charge in [0.15, 0.2) is 0 Å². The van der Waals surface area contributed by atoms with Crippen LogP contribution in [0.4, 0.5) is 5.69 Å². The van der Waals surface area contributed by atoms with E-state index in [1.165, 1.54) is 6.42 Å². The normalized spacial score (nSPS) is 25.6. The number of halogens is 1. The topological polar surface area (TPSA) is 61.4 Å². The van der Waals surface area contributed by atoms with E-state index in [1.54, 1.807) is 24.3 Å². The molecule has 1 aliphatic carbocycles. The lowest BCUT2D eigenvalue weighted by atomic mass is 9.77. The fraction of sp³-hybridized carbons (Fsp3) is 0.562. The maximum atomic E-state index is 12.0. The number of carbonyl (C=O) groups excluding carboxylic acids is 1. The molecule has 0 aromatic heterocycles. The molecule has 0 bridgehead atoms. The molecule has 1 saturated carbocycles. The number of carbonyl (C=O) groups is 1. The highest BCUT2D eigenvalue weighted by Gasteiger charge is 2.34. The second kappa shape index (κ2) is 7.25. The van der Waals surface area contributed by atoms with Crippen LogP contribution in [-0.2, 0) is 4.79 Å². The zero-order valence-electron chi connectivity index (χ0n) is 12.4. The molecule has 0 heterocycles. The van der Waals surface area contributed by atoms with E-state index in [4.69, 9.17) is 11.6 Å². The van der Waals surface area contributed by atoms with Gasteiger partial charge in [-0.25, -0.2) is 0 Å². The predicted molar refractivity (Wildman–Crippen MR) is 85.5 cm³/mol. The number of nitrogens with one attached hydrogen (secondary N) is 2. The van der Waals surface area contributed by atoms with Crippen molar-refractivity contribution in [2.45, 2.75) is 38.1 Å². The second-order valence-electron chi connectivity index (χ2n) is 6.05. The lowest BCUT2D eigenvalue weighted by Gasteiger charge is -2.39. The van der Waals surface area contributed by atoms with Crippen LogP contribution in [0.1, 0.15) is 32.6 Å². The molecule has 1 aromatic carbocycles.